The van der Waals surface area contributed by atoms with E-state index in [1.165, 1.54) is 0 Å². The van der Waals surface area contributed by atoms with Crippen LogP contribution < -0.4 is 4.72 Å². The van der Waals surface area contributed by atoms with E-state index in [1.807, 2.05) is 6.92 Å². The van der Waals surface area contributed by atoms with Crippen molar-refractivity contribution < 1.29 is 23.1 Å². The number of aromatic carboxylic acids is 1. The zero-order chi connectivity index (χ0) is 19.8. The molecule has 27 heavy (non-hydrogen) atoms. The summed E-state index contributed by atoms with van der Waals surface area (Å²) in [6, 6.07) is 9.89. The third-order valence-electron chi connectivity index (χ3n) is 4.45. The Bertz CT molecular complexity index is 1030. The summed E-state index contributed by atoms with van der Waals surface area (Å²) in [5.41, 5.74) is 3.33. The van der Waals surface area contributed by atoms with Crippen molar-refractivity contribution in [2.24, 2.45) is 0 Å². The van der Waals surface area contributed by atoms with Crippen LogP contribution in [0.2, 0.25) is 0 Å². The van der Waals surface area contributed by atoms with E-state index in [1.54, 1.807) is 41.3 Å². The molecule has 7 nitrogen and oxygen atoms in total. The lowest BCUT2D eigenvalue weighted by molar-refractivity contribution is 0.0696. The van der Waals surface area contributed by atoms with E-state index in [4.69, 9.17) is 5.11 Å². The van der Waals surface area contributed by atoms with E-state index in [0.717, 1.165) is 22.9 Å². The zero-order valence-corrected chi connectivity index (χ0v) is 15.8. The molecule has 1 aliphatic rings. The summed E-state index contributed by atoms with van der Waals surface area (Å²) in [5, 5.41) is 9.17. The highest BCUT2D eigenvalue weighted by atomic mass is 32.2. The molecule has 0 saturated carbocycles. The summed E-state index contributed by atoms with van der Waals surface area (Å²) >= 11 is 0. The Balaban J connectivity index is 1.92. The van der Waals surface area contributed by atoms with Gasteiger partial charge in [0.25, 0.3) is 5.91 Å². The third-order valence-corrected chi connectivity index (χ3v) is 5.04. The summed E-state index contributed by atoms with van der Waals surface area (Å²) in [4.78, 5) is 25.9. The van der Waals surface area contributed by atoms with Gasteiger partial charge in [-0.05, 0) is 48.7 Å². The molecule has 0 bridgehead atoms. The fourth-order valence-electron chi connectivity index (χ4n) is 3.16. The summed E-state index contributed by atoms with van der Waals surface area (Å²) in [5.74, 6) is -1.31. The standard InChI is InChI=1S/C19H20N2O5S/c1-12-3-6-17(20-27(2,25)26)16(9-12)18(22)21-8-7-13-4-5-14(19(23)24)10-15(13)11-21/h3-6,9-10,20H,7-8,11H2,1-2H3,(H,23,24). The third kappa shape index (κ3) is 4.28. The largest absolute Gasteiger partial charge is 0.478 e. The number of benzene rings is 2. The zero-order valence-electron chi connectivity index (χ0n) is 15.0. The van der Waals surface area contributed by atoms with Gasteiger partial charge in [0.1, 0.15) is 0 Å². The number of nitrogens with one attached hydrogen (secondary N) is 1. The molecule has 2 aromatic rings. The summed E-state index contributed by atoms with van der Waals surface area (Å²) in [7, 11) is -3.53. The average Bonchev–Trinajstić information content (AvgIpc) is 2.60. The van der Waals surface area contributed by atoms with E-state index in [-0.39, 0.29) is 29.3 Å². The van der Waals surface area contributed by atoms with Gasteiger partial charge in [-0.3, -0.25) is 9.52 Å². The Hall–Kier alpha value is -2.87. The number of anilines is 1. The number of rotatable bonds is 4. The molecule has 1 amide bonds. The molecule has 0 unspecified atom stereocenters. The second-order valence-corrected chi connectivity index (χ2v) is 8.44. The van der Waals surface area contributed by atoms with Crippen LogP contribution in [0, 0.1) is 6.92 Å². The minimum Gasteiger partial charge on any atom is -0.478 e. The van der Waals surface area contributed by atoms with Crippen LogP contribution in [0.1, 0.15) is 37.4 Å². The van der Waals surface area contributed by atoms with Crippen molar-refractivity contribution in [1.82, 2.24) is 4.90 Å². The molecule has 0 atom stereocenters. The van der Waals surface area contributed by atoms with Crippen LogP contribution in [0.4, 0.5) is 5.69 Å². The summed E-state index contributed by atoms with van der Waals surface area (Å²) in [6.07, 6.45) is 1.65. The Labute approximate surface area is 157 Å². The van der Waals surface area contributed by atoms with Crippen molar-refractivity contribution in [1.29, 1.82) is 0 Å². The van der Waals surface area contributed by atoms with E-state index < -0.39 is 16.0 Å². The van der Waals surface area contributed by atoms with Crippen molar-refractivity contribution in [2.75, 3.05) is 17.5 Å². The average molecular weight is 388 g/mol. The number of amides is 1. The lowest BCUT2D eigenvalue weighted by Crippen LogP contribution is -2.36. The fourth-order valence-corrected chi connectivity index (χ4v) is 3.74. The van der Waals surface area contributed by atoms with E-state index in [9.17, 15) is 18.0 Å². The second-order valence-electron chi connectivity index (χ2n) is 6.69. The van der Waals surface area contributed by atoms with Gasteiger partial charge >= 0.3 is 5.97 Å². The Morgan fingerprint density at radius 1 is 1.11 bits per heavy atom. The lowest BCUT2D eigenvalue weighted by Gasteiger charge is -2.30. The maximum Gasteiger partial charge on any atom is 0.335 e. The Kier molecular flexibility index (Phi) is 4.93. The summed E-state index contributed by atoms with van der Waals surface area (Å²) < 4.78 is 25.6. The second kappa shape index (κ2) is 7.03. The number of sulfonamides is 1. The molecule has 0 saturated heterocycles. The first-order valence-corrected chi connectivity index (χ1v) is 10.3. The monoisotopic (exact) mass is 388 g/mol. The van der Waals surface area contributed by atoms with Gasteiger partial charge in [0, 0.05) is 13.1 Å². The lowest BCUT2D eigenvalue weighted by atomic mass is 9.96. The number of aryl methyl sites for hydroxylation is 1. The van der Waals surface area contributed by atoms with Crippen LogP contribution >= 0.6 is 0 Å². The molecule has 2 N–H and O–H groups in total. The molecule has 1 aliphatic heterocycles. The van der Waals surface area contributed by atoms with E-state index in [0.29, 0.717) is 13.0 Å². The van der Waals surface area contributed by atoms with Gasteiger partial charge in [-0.2, -0.15) is 0 Å². The van der Waals surface area contributed by atoms with Crippen LogP contribution in [0.15, 0.2) is 36.4 Å². The smallest absolute Gasteiger partial charge is 0.335 e. The van der Waals surface area contributed by atoms with Crippen LogP contribution in [0.5, 0.6) is 0 Å². The highest BCUT2D eigenvalue weighted by molar-refractivity contribution is 7.92. The molecular weight excluding hydrogens is 368 g/mol. The first-order valence-electron chi connectivity index (χ1n) is 8.37. The number of carboxylic acid groups (broad SMARTS) is 1. The van der Waals surface area contributed by atoms with Crippen molar-refractivity contribution in [2.45, 2.75) is 19.9 Å². The Morgan fingerprint density at radius 2 is 1.85 bits per heavy atom. The number of carbonyl (C=O) groups excluding carboxylic acids is 1. The van der Waals surface area contributed by atoms with Gasteiger partial charge in [0.05, 0.1) is 23.1 Å². The van der Waals surface area contributed by atoms with Crippen LogP contribution in [0.25, 0.3) is 0 Å². The van der Waals surface area contributed by atoms with Gasteiger partial charge in [0.2, 0.25) is 10.0 Å². The number of fused-ring (bicyclic) bond motifs is 1. The maximum atomic E-state index is 13.1. The van der Waals surface area contributed by atoms with Gasteiger partial charge in [-0.25, -0.2) is 13.2 Å². The van der Waals surface area contributed by atoms with Crippen molar-refractivity contribution in [3.8, 4) is 0 Å². The molecule has 142 valence electrons. The molecule has 0 radical (unpaired) electrons. The van der Waals surface area contributed by atoms with Gasteiger partial charge in [-0.1, -0.05) is 17.7 Å². The number of hydrogen-bond acceptors (Lipinski definition) is 4. The highest BCUT2D eigenvalue weighted by Crippen LogP contribution is 2.25. The number of carbonyl (C=O) groups is 2. The molecule has 0 fully saturated rings. The van der Waals surface area contributed by atoms with Gasteiger partial charge < -0.3 is 10.0 Å². The Morgan fingerprint density at radius 3 is 2.52 bits per heavy atom. The maximum absolute atomic E-state index is 13.1. The number of carboxylic acids is 1. The van der Waals surface area contributed by atoms with Crippen LogP contribution in [-0.4, -0.2) is 43.1 Å². The predicted octanol–water partition coefficient (Wildman–Crippen LogP) is 2.26. The van der Waals surface area contributed by atoms with Crippen LogP contribution in [0.3, 0.4) is 0 Å². The molecule has 2 aromatic carbocycles. The molecule has 3 rings (SSSR count). The fraction of sp³-hybridized carbons (Fsp3) is 0.263. The molecule has 8 heteroatoms. The molecule has 0 spiro atoms. The highest BCUT2D eigenvalue weighted by Gasteiger charge is 2.25. The van der Waals surface area contributed by atoms with E-state index in [2.05, 4.69) is 4.72 Å². The molecule has 0 aliphatic carbocycles. The SMILES string of the molecule is Cc1ccc(NS(C)(=O)=O)c(C(=O)N2CCc3ccc(C(=O)O)cc3C2)c1. The van der Waals surface area contributed by atoms with Crippen molar-refractivity contribution in [3.05, 3.63) is 64.2 Å². The van der Waals surface area contributed by atoms with Gasteiger partial charge in [0.15, 0.2) is 0 Å². The number of nitrogens with zero attached hydrogens (tertiary/aromatic N) is 1. The molecular formula is C19H20N2O5S. The quantitative estimate of drug-likeness (QED) is 0.836. The first-order chi connectivity index (χ1) is 12.6. The molecule has 0 aromatic heterocycles. The normalized spacial score (nSPS) is 13.8. The van der Waals surface area contributed by atoms with Crippen LogP contribution in [-0.2, 0) is 23.0 Å². The van der Waals surface area contributed by atoms with Crippen molar-refractivity contribution in [3.63, 3.8) is 0 Å². The molecule has 1 heterocycles. The van der Waals surface area contributed by atoms with E-state index >= 15 is 0 Å². The minimum absolute atomic E-state index is 0.179. The minimum atomic E-state index is -3.53. The van der Waals surface area contributed by atoms with Gasteiger partial charge in [-0.15, -0.1) is 0 Å². The first kappa shape index (κ1) is 18.9. The number of hydrogen-bond donors (Lipinski definition) is 2. The predicted molar refractivity (Wildman–Crippen MR) is 101 cm³/mol. The topological polar surface area (TPSA) is 104 Å². The van der Waals surface area contributed by atoms with Crippen molar-refractivity contribution >= 4 is 27.6 Å². The summed E-state index contributed by atoms with van der Waals surface area (Å²) in [6.45, 7) is 2.58.